The van der Waals surface area contributed by atoms with E-state index in [1.807, 2.05) is 0 Å². The molecule has 1 aromatic carbocycles. The fraction of sp³-hybridized carbons (Fsp3) is 0.600. The van der Waals surface area contributed by atoms with Crippen LogP contribution in [0.5, 0.6) is 0 Å². The smallest absolute Gasteiger partial charge is 0.257 e. The van der Waals surface area contributed by atoms with Gasteiger partial charge in [0.05, 0.1) is 12.5 Å². The Morgan fingerprint density at radius 2 is 1.77 bits per heavy atom. The number of amides is 2. The van der Waals surface area contributed by atoms with Crippen molar-refractivity contribution in [3.63, 3.8) is 0 Å². The van der Waals surface area contributed by atoms with Crippen LogP contribution in [0.1, 0.15) is 56.8 Å². The highest BCUT2D eigenvalue weighted by molar-refractivity contribution is 6.74. The van der Waals surface area contributed by atoms with Gasteiger partial charge in [-0.25, -0.2) is 0 Å². The van der Waals surface area contributed by atoms with Crippen molar-refractivity contribution < 1.29 is 19.1 Å². The molecule has 0 spiro atoms. The maximum Gasteiger partial charge on any atom is 0.257 e. The summed E-state index contributed by atoms with van der Waals surface area (Å²) in [5.41, 5.74) is 0.429. The van der Waals surface area contributed by atoms with Crippen molar-refractivity contribution in [3.8, 4) is 0 Å². The minimum atomic E-state index is -1.72. The van der Waals surface area contributed by atoms with Gasteiger partial charge < -0.3 is 9.53 Å². The molecule has 5 nitrogen and oxygen atoms in total. The molecule has 6 heteroatoms. The van der Waals surface area contributed by atoms with E-state index >= 15 is 0 Å². The van der Waals surface area contributed by atoms with Gasteiger partial charge in [0.25, 0.3) is 5.91 Å². The van der Waals surface area contributed by atoms with Crippen molar-refractivity contribution in [3.05, 3.63) is 35.9 Å². The van der Waals surface area contributed by atoms with Gasteiger partial charge in [-0.15, -0.1) is 0 Å². The topological polar surface area (TPSA) is 75.6 Å². The second-order valence-corrected chi connectivity index (χ2v) is 13.0. The number of nitrogens with one attached hydrogen (secondary N) is 1. The Morgan fingerprint density at radius 1 is 1.15 bits per heavy atom. The van der Waals surface area contributed by atoms with Crippen molar-refractivity contribution in [2.45, 2.75) is 70.7 Å². The molecule has 0 unspecified atom stereocenters. The lowest BCUT2D eigenvalue weighted by atomic mass is 10.1. The van der Waals surface area contributed by atoms with Crippen molar-refractivity contribution in [2.24, 2.45) is 0 Å². The van der Waals surface area contributed by atoms with Crippen LogP contribution >= 0.6 is 0 Å². The molecule has 2 N–H and O–H groups in total. The van der Waals surface area contributed by atoms with Crippen molar-refractivity contribution >= 4 is 20.1 Å². The first-order valence-electron chi connectivity index (χ1n) is 9.24. The standard InChI is InChI=1S/C20H33NO4Si/c1-20(2,3)26(4,5)25-14-10-9-13-17(22)15-18(23)21-19(24)16-11-7-6-8-12-16/h6-8,11-12,17,22H,9-10,13-15H2,1-5H3,(H,21,23,24)/t17-/m0/s1. The molecule has 2 amide bonds. The summed E-state index contributed by atoms with van der Waals surface area (Å²) in [5.74, 6) is -0.894. The molecule has 0 aliphatic heterocycles. The van der Waals surface area contributed by atoms with E-state index < -0.39 is 26.2 Å². The zero-order valence-electron chi connectivity index (χ0n) is 16.7. The highest BCUT2D eigenvalue weighted by Crippen LogP contribution is 2.36. The fourth-order valence-corrected chi connectivity index (χ4v) is 3.27. The van der Waals surface area contributed by atoms with Crippen LogP contribution in [0.25, 0.3) is 0 Å². The van der Waals surface area contributed by atoms with Gasteiger partial charge in [-0.2, -0.15) is 0 Å². The average molecular weight is 380 g/mol. The molecule has 0 bridgehead atoms. The van der Waals surface area contributed by atoms with E-state index in [4.69, 9.17) is 4.43 Å². The number of carbonyl (C=O) groups excluding carboxylic acids is 2. The lowest BCUT2D eigenvalue weighted by molar-refractivity contribution is -0.122. The zero-order chi connectivity index (χ0) is 19.8. The summed E-state index contributed by atoms with van der Waals surface area (Å²) < 4.78 is 6.09. The van der Waals surface area contributed by atoms with Crippen LogP contribution in [-0.2, 0) is 9.22 Å². The molecule has 1 atom stereocenters. The molecule has 0 saturated heterocycles. The number of carbonyl (C=O) groups is 2. The maximum atomic E-state index is 11.9. The Kier molecular flexibility index (Phi) is 8.66. The minimum absolute atomic E-state index is 0.0678. The predicted octanol–water partition coefficient (Wildman–Crippen LogP) is 3.89. The maximum absolute atomic E-state index is 11.9. The summed E-state index contributed by atoms with van der Waals surface area (Å²) in [6, 6.07) is 8.56. The number of aliphatic hydroxyl groups excluding tert-OH is 1. The van der Waals surface area contributed by atoms with E-state index in [1.165, 1.54) is 0 Å². The second kappa shape index (κ2) is 9.99. The van der Waals surface area contributed by atoms with Gasteiger partial charge in [-0.1, -0.05) is 39.0 Å². The summed E-state index contributed by atoms with van der Waals surface area (Å²) in [5, 5.41) is 12.5. The highest BCUT2D eigenvalue weighted by atomic mass is 28.4. The van der Waals surface area contributed by atoms with E-state index in [2.05, 4.69) is 39.2 Å². The highest BCUT2D eigenvalue weighted by Gasteiger charge is 2.36. The van der Waals surface area contributed by atoms with Crippen LogP contribution in [0.4, 0.5) is 0 Å². The Labute approximate surface area is 158 Å². The van der Waals surface area contributed by atoms with Gasteiger partial charge in [-0.05, 0) is 49.5 Å². The third kappa shape index (κ3) is 7.80. The number of unbranched alkanes of at least 4 members (excludes halogenated alkanes) is 1. The van der Waals surface area contributed by atoms with E-state index in [-0.39, 0.29) is 11.5 Å². The molecule has 0 fully saturated rings. The van der Waals surface area contributed by atoms with Crippen LogP contribution in [0, 0.1) is 0 Å². The van der Waals surface area contributed by atoms with Crippen LogP contribution in [-0.4, -0.2) is 37.9 Å². The minimum Gasteiger partial charge on any atom is -0.417 e. The Hall–Kier alpha value is -1.50. The Morgan fingerprint density at radius 3 is 2.35 bits per heavy atom. The fourth-order valence-electron chi connectivity index (χ4n) is 2.18. The zero-order valence-corrected chi connectivity index (χ0v) is 17.7. The first-order chi connectivity index (χ1) is 12.0. The number of hydrogen-bond donors (Lipinski definition) is 2. The first kappa shape index (κ1) is 22.5. The number of hydrogen-bond acceptors (Lipinski definition) is 4. The summed E-state index contributed by atoms with van der Waals surface area (Å²) in [7, 11) is -1.72. The summed E-state index contributed by atoms with van der Waals surface area (Å²) >= 11 is 0. The van der Waals surface area contributed by atoms with E-state index in [0.29, 0.717) is 18.6 Å². The SMILES string of the molecule is CC(C)(C)[Si](C)(C)OCCCC[C@H](O)CC(=O)NC(=O)c1ccccc1. The third-order valence-corrected chi connectivity index (χ3v) is 9.45. The molecular weight excluding hydrogens is 346 g/mol. The molecule has 0 saturated carbocycles. The number of rotatable bonds is 9. The molecule has 0 aliphatic carbocycles. The molecular formula is C20H33NO4Si. The van der Waals surface area contributed by atoms with Crippen molar-refractivity contribution in [1.29, 1.82) is 0 Å². The average Bonchev–Trinajstić information content (AvgIpc) is 2.54. The van der Waals surface area contributed by atoms with Crippen LogP contribution in [0.15, 0.2) is 30.3 Å². The Bertz CT molecular complexity index is 581. The van der Waals surface area contributed by atoms with Gasteiger partial charge in [0.15, 0.2) is 8.32 Å². The van der Waals surface area contributed by atoms with Crippen LogP contribution < -0.4 is 5.32 Å². The summed E-state index contributed by atoms with van der Waals surface area (Å²) in [6.07, 6.45) is 1.35. The van der Waals surface area contributed by atoms with Crippen LogP contribution in [0.2, 0.25) is 18.1 Å². The molecule has 0 heterocycles. The van der Waals surface area contributed by atoms with Crippen molar-refractivity contribution in [2.75, 3.05) is 6.61 Å². The van der Waals surface area contributed by atoms with E-state index in [9.17, 15) is 14.7 Å². The first-order valence-corrected chi connectivity index (χ1v) is 12.1. The molecule has 146 valence electrons. The second-order valence-electron chi connectivity index (χ2n) is 8.21. The Balaban J connectivity index is 2.23. The molecule has 0 radical (unpaired) electrons. The van der Waals surface area contributed by atoms with Gasteiger partial charge in [0, 0.05) is 12.2 Å². The molecule has 0 aliphatic rings. The number of imide groups is 1. The normalized spacial score (nSPS) is 13.3. The lowest BCUT2D eigenvalue weighted by Crippen LogP contribution is -2.41. The van der Waals surface area contributed by atoms with E-state index in [0.717, 1.165) is 12.8 Å². The van der Waals surface area contributed by atoms with Crippen LogP contribution in [0.3, 0.4) is 0 Å². The lowest BCUT2D eigenvalue weighted by Gasteiger charge is -2.36. The van der Waals surface area contributed by atoms with Crippen molar-refractivity contribution in [1.82, 2.24) is 5.32 Å². The van der Waals surface area contributed by atoms with Gasteiger partial charge >= 0.3 is 0 Å². The predicted molar refractivity (Wildman–Crippen MR) is 107 cm³/mol. The third-order valence-electron chi connectivity index (χ3n) is 4.91. The number of aliphatic hydroxyl groups is 1. The van der Waals surface area contributed by atoms with Gasteiger partial charge in [0.2, 0.25) is 5.91 Å². The summed E-state index contributed by atoms with van der Waals surface area (Å²) in [6.45, 7) is 11.7. The van der Waals surface area contributed by atoms with Gasteiger partial charge in [0.1, 0.15) is 0 Å². The quantitative estimate of drug-likeness (QED) is 0.504. The largest absolute Gasteiger partial charge is 0.417 e. The van der Waals surface area contributed by atoms with E-state index in [1.54, 1.807) is 30.3 Å². The number of benzene rings is 1. The molecule has 0 aromatic heterocycles. The molecule has 1 rings (SSSR count). The van der Waals surface area contributed by atoms with Gasteiger partial charge in [-0.3, -0.25) is 14.9 Å². The molecule has 1 aromatic rings. The molecule has 26 heavy (non-hydrogen) atoms. The monoisotopic (exact) mass is 379 g/mol. The summed E-state index contributed by atoms with van der Waals surface area (Å²) in [4.78, 5) is 23.7.